The van der Waals surface area contributed by atoms with Gasteiger partial charge in [0.1, 0.15) is 0 Å². The van der Waals surface area contributed by atoms with Gasteiger partial charge in [-0.2, -0.15) is 0 Å². The smallest absolute Gasteiger partial charge is 0.0905 e. The third kappa shape index (κ3) is 6.68. The number of nitrogens with two attached hydrogens (primary N) is 1. The van der Waals surface area contributed by atoms with Crippen molar-refractivity contribution in [3.8, 4) is 0 Å². The van der Waals surface area contributed by atoms with Gasteiger partial charge in [0.15, 0.2) is 0 Å². The summed E-state index contributed by atoms with van der Waals surface area (Å²) < 4.78 is 0. The van der Waals surface area contributed by atoms with Crippen LogP contribution in [0, 0.1) is 5.41 Å². The number of hydrogen-bond acceptors (Lipinski definition) is 3. The fourth-order valence-corrected chi connectivity index (χ4v) is 1.66. The lowest BCUT2D eigenvalue weighted by Crippen LogP contribution is -2.23. The minimum Gasteiger partial charge on any atom is -0.388 e. The van der Waals surface area contributed by atoms with Crippen LogP contribution in [0.3, 0.4) is 0 Å². The number of nitrogens with zero attached hydrogens (tertiary/aromatic N) is 2. The molecule has 0 spiro atoms. The van der Waals surface area contributed by atoms with Crippen molar-refractivity contribution in [1.29, 1.82) is 5.41 Å². The number of aromatic nitrogens is 1. The Hall–Kier alpha value is -1.42. The Balaban J connectivity index is 2.09. The molecular weight excluding hydrogens is 212 g/mol. The molecule has 0 aliphatic carbocycles. The Kier molecular flexibility index (Phi) is 6.25. The van der Waals surface area contributed by atoms with E-state index in [0.717, 1.165) is 38.0 Å². The van der Waals surface area contributed by atoms with Gasteiger partial charge in [-0.15, -0.1) is 0 Å². The second kappa shape index (κ2) is 7.79. The predicted octanol–water partition coefficient (Wildman–Crippen LogP) is 1.66. The maximum absolute atomic E-state index is 7.13. The van der Waals surface area contributed by atoms with E-state index in [1.165, 1.54) is 0 Å². The minimum atomic E-state index is 0.293. The molecule has 0 fully saturated rings. The van der Waals surface area contributed by atoms with Crippen LogP contribution >= 0.6 is 0 Å². The highest BCUT2D eigenvalue weighted by Gasteiger charge is 2.00. The number of pyridine rings is 1. The summed E-state index contributed by atoms with van der Waals surface area (Å²) in [7, 11) is 2.12. The first-order valence-corrected chi connectivity index (χ1v) is 6.10. The minimum absolute atomic E-state index is 0.293. The monoisotopic (exact) mass is 234 g/mol. The van der Waals surface area contributed by atoms with Gasteiger partial charge in [0.05, 0.1) is 5.84 Å². The molecule has 3 N–H and O–H groups in total. The van der Waals surface area contributed by atoms with Crippen molar-refractivity contribution in [3.63, 3.8) is 0 Å². The predicted molar refractivity (Wildman–Crippen MR) is 71.2 cm³/mol. The highest BCUT2D eigenvalue weighted by molar-refractivity contribution is 5.76. The van der Waals surface area contributed by atoms with Crippen LogP contribution in [0.25, 0.3) is 0 Å². The summed E-state index contributed by atoms with van der Waals surface area (Å²) in [6, 6.07) is 6.02. The molecule has 1 aromatic rings. The van der Waals surface area contributed by atoms with Crippen molar-refractivity contribution in [3.05, 3.63) is 30.1 Å². The summed E-state index contributed by atoms with van der Waals surface area (Å²) in [6.07, 6.45) is 5.64. The Bertz CT molecular complexity index is 323. The zero-order valence-corrected chi connectivity index (χ0v) is 10.5. The van der Waals surface area contributed by atoms with E-state index in [9.17, 15) is 0 Å². The molecule has 0 unspecified atom stereocenters. The van der Waals surface area contributed by atoms with Gasteiger partial charge >= 0.3 is 0 Å². The summed E-state index contributed by atoms with van der Waals surface area (Å²) in [4.78, 5) is 6.60. The van der Waals surface area contributed by atoms with Gasteiger partial charge in [0.2, 0.25) is 0 Å². The lowest BCUT2D eigenvalue weighted by atomic mass is 10.2. The molecule has 0 aromatic carbocycles. The molecule has 0 aliphatic heterocycles. The molecule has 1 rings (SSSR count). The first-order valence-electron chi connectivity index (χ1n) is 6.10. The molecule has 0 saturated heterocycles. The molecule has 4 heteroatoms. The summed E-state index contributed by atoms with van der Waals surface area (Å²) in [5, 5.41) is 7.13. The Morgan fingerprint density at radius 2 is 2.18 bits per heavy atom. The van der Waals surface area contributed by atoms with E-state index in [1.807, 2.05) is 18.3 Å². The lowest BCUT2D eigenvalue weighted by Gasteiger charge is -2.15. The Morgan fingerprint density at radius 3 is 2.82 bits per heavy atom. The summed E-state index contributed by atoms with van der Waals surface area (Å²) in [5.74, 6) is 0.293. The molecule has 0 atom stereocenters. The standard InChI is InChI=1S/C13H22N4/c1-17(10-5-3-7-13(14)15)11-8-12-6-2-4-9-16-12/h2,4,6,9H,3,5,7-8,10-11H2,1H3,(H3,14,15). The number of unbranched alkanes of at least 4 members (excludes halogenated alkanes) is 1. The first kappa shape index (κ1) is 13.6. The summed E-state index contributed by atoms with van der Waals surface area (Å²) >= 11 is 0. The Morgan fingerprint density at radius 1 is 1.35 bits per heavy atom. The van der Waals surface area contributed by atoms with Gasteiger partial charge in [-0.3, -0.25) is 10.4 Å². The Labute approximate surface area is 103 Å². The molecule has 1 aromatic heterocycles. The van der Waals surface area contributed by atoms with Crippen LogP contribution in [0.15, 0.2) is 24.4 Å². The fourth-order valence-electron chi connectivity index (χ4n) is 1.66. The molecule has 17 heavy (non-hydrogen) atoms. The van der Waals surface area contributed by atoms with Gasteiger partial charge in [0.25, 0.3) is 0 Å². The normalized spacial score (nSPS) is 10.7. The average molecular weight is 234 g/mol. The van der Waals surface area contributed by atoms with Crippen molar-refractivity contribution in [1.82, 2.24) is 9.88 Å². The van der Waals surface area contributed by atoms with E-state index >= 15 is 0 Å². The van der Waals surface area contributed by atoms with Gasteiger partial charge in [-0.1, -0.05) is 6.07 Å². The summed E-state index contributed by atoms with van der Waals surface area (Å²) in [6.45, 7) is 2.08. The van der Waals surface area contributed by atoms with Crippen LogP contribution < -0.4 is 5.73 Å². The number of likely N-dealkylation sites (N-methyl/N-ethyl adjacent to an activating group) is 1. The van der Waals surface area contributed by atoms with Crippen LogP contribution in [-0.4, -0.2) is 35.9 Å². The topological polar surface area (TPSA) is 66.0 Å². The first-order chi connectivity index (χ1) is 8.18. The zero-order chi connectivity index (χ0) is 12.5. The number of hydrogen-bond donors (Lipinski definition) is 2. The molecule has 0 bridgehead atoms. The van der Waals surface area contributed by atoms with Crippen LogP contribution in [0.5, 0.6) is 0 Å². The van der Waals surface area contributed by atoms with Crippen molar-refractivity contribution in [2.75, 3.05) is 20.1 Å². The van der Waals surface area contributed by atoms with Crippen LogP contribution in [-0.2, 0) is 6.42 Å². The molecule has 4 nitrogen and oxygen atoms in total. The van der Waals surface area contributed by atoms with E-state index in [2.05, 4.69) is 23.0 Å². The van der Waals surface area contributed by atoms with Crippen molar-refractivity contribution in [2.24, 2.45) is 5.73 Å². The molecule has 1 heterocycles. The van der Waals surface area contributed by atoms with E-state index in [1.54, 1.807) is 0 Å². The molecular formula is C13H22N4. The second-order valence-corrected chi connectivity index (χ2v) is 4.36. The summed E-state index contributed by atoms with van der Waals surface area (Å²) in [5.41, 5.74) is 6.45. The van der Waals surface area contributed by atoms with Crippen molar-refractivity contribution < 1.29 is 0 Å². The maximum Gasteiger partial charge on any atom is 0.0905 e. The fraction of sp³-hybridized carbons (Fsp3) is 0.538. The number of rotatable bonds is 8. The van der Waals surface area contributed by atoms with Gasteiger partial charge in [-0.25, -0.2) is 0 Å². The van der Waals surface area contributed by atoms with E-state index in [4.69, 9.17) is 11.1 Å². The lowest BCUT2D eigenvalue weighted by molar-refractivity contribution is 0.330. The quantitative estimate of drug-likeness (QED) is 0.408. The number of nitrogens with one attached hydrogen (secondary N) is 1. The van der Waals surface area contributed by atoms with Crippen LogP contribution in [0.4, 0.5) is 0 Å². The molecule has 94 valence electrons. The van der Waals surface area contributed by atoms with Gasteiger partial charge < -0.3 is 10.6 Å². The van der Waals surface area contributed by atoms with Crippen LogP contribution in [0.1, 0.15) is 25.0 Å². The second-order valence-electron chi connectivity index (χ2n) is 4.36. The van der Waals surface area contributed by atoms with Crippen LogP contribution in [0.2, 0.25) is 0 Å². The van der Waals surface area contributed by atoms with Gasteiger partial charge in [0, 0.05) is 31.3 Å². The number of amidine groups is 1. The zero-order valence-electron chi connectivity index (χ0n) is 10.5. The third-order valence-electron chi connectivity index (χ3n) is 2.71. The van der Waals surface area contributed by atoms with E-state index < -0.39 is 0 Å². The van der Waals surface area contributed by atoms with E-state index in [0.29, 0.717) is 12.3 Å². The largest absolute Gasteiger partial charge is 0.388 e. The highest BCUT2D eigenvalue weighted by Crippen LogP contribution is 2.00. The average Bonchev–Trinajstić information content (AvgIpc) is 2.33. The maximum atomic E-state index is 7.13. The molecule has 0 radical (unpaired) electrons. The molecule has 0 saturated carbocycles. The van der Waals surface area contributed by atoms with Crippen molar-refractivity contribution >= 4 is 5.84 Å². The SMILES string of the molecule is CN(CCCCC(=N)N)CCc1ccccn1. The molecule has 0 aliphatic rings. The highest BCUT2D eigenvalue weighted by atomic mass is 15.1. The van der Waals surface area contributed by atoms with E-state index in [-0.39, 0.29) is 0 Å². The van der Waals surface area contributed by atoms with Gasteiger partial charge in [-0.05, 0) is 38.6 Å². The molecule has 0 amide bonds. The van der Waals surface area contributed by atoms with Crippen molar-refractivity contribution in [2.45, 2.75) is 25.7 Å². The third-order valence-corrected chi connectivity index (χ3v) is 2.71.